The number of esters is 1. The van der Waals surface area contributed by atoms with Crippen LogP contribution in [0.5, 0.6) is 0 Å². The van der Waals surface area contributed by atoms with E-state index in [2.05, 4.69) is 5.32 Å². The van der Waals surface area contributed by atoms with E-state index < -0.39 is 12.0 Å². The Balaban J connectivity index is 1.49. The minimum Gasteiger partial charge on any atom is -0.454 e. The van der Waals surface area contributed by atoms with Crippen LogP contribution in [-0.2, 0) is 23.9 Å². The third-order valence-corrected chi connectivity index (χ3v) is 6.17. The lowest BCUT2D eigenvalue weighted by Gasteiger charge is -2.22. The molecule has 2 aliphatic carbocycles. The van der Waals surface area contributed by atoms with Crippen molar-refractivity contribution in [3.05, 3.63) is 0 Å². The van der Waals surface area contributed by atoms with Gasteiger partial charge in [0.1, 0.15) is 6.04 Å². The van der Waals surface area contributed by atoms with Crippen LogP contribution in [0.1, 0.15) is 71.1 Å². The van der Waals surface area contributed by atoms with E-state index in [-0.39, 0.29) is 42.2 Å². The van der Waals surface area contributed by atoms with Gasteiger partial charge in [0.2, 0.25) is 11.8 Å². The van der Waals surface area contributed by atoms with E-state index in [9.17, 15) is 19.2 Å². The molecular formula is C20H30N2O5. The maximum Gasteiger partial charge on any atom is 0.329 e. The number of hydrogen-bond donors (Lipinski definition) is 1. The van der Waals surface area contributed by atoms with E-state index in [1.807, 2.05) is 0 Å². The van der Waals surface area contributed by atoms with Gasteiger partial charge in [0.05, 0.1) is 11.8 Å². The second-order valence-corrected chi connectivity index (χ2v) is 8.08. The Morgan fingerprint density at radius 3 is 2.04 bits per heavy atom. The standard InChI is InChI=1S/C20H30N2O5/c1-13(22-18(24)15-10-6-7-11-16(15)19(22)25)20(26)27-12-17(23)21-14-8-4-2-3-5-9-14/h13-16H,2-12H2,1H3,(H,21,23)/t13-,15+,16+/m0/s1. The van der Waals surface area contributed by atoms with Gasteiger partial charge in [-0.05, 0) is 32.6 Å². The number of carbonyl (C=O) groups is 4. The van der Waals surface area contributed by atoms with Crippen LogP contribution in [0.4, 0.5) is 0 Å². The number of amides is 3. The smallest absolute Gasteiger partial charge is 0.329 e. The molecule has 1 saturated heterocycles. The lowest BCUT2D eigenvalue weighted by molar-refractivity contribution is -0.159. The first-order chi connectivity index (χ1) is 13.0. The summed E-state index contributed by atoms with van der Waals surface area (Å²) in [6.45, 7) is 1.13. The number of hydrogen-bond acceptors (Lipinski definition) is 5. The normalized spacial score (nSPS) is 27.7. The highest BCUT2D eigenvalue weighted by atomic mass is 16.5. The number of likely N-dealkylation sites (tertiary alicyclic amines) is 1. The summed E-state index contributed by atoms with van der Waals surface area (Å²) in [5.74, 6) is -2.14. The molecule has 3 amide bonds. The first-order valence-corrected chi connectivity index (χ1v) is 10.3. The van der Waals surface area contributed by atoms with Gasteiger partial charge in [-0.15, -0.1) is 0 Å². The first-order valence-electron chi connectivity index (χ1n) is 10.3. The van der Waals surface area contributed by atoms with Crippen LogP contribution in [0.3, 0.4) is 0 Å². The van der Waals surface area contributed by atoms with Gasteiger partial charge in [0.15, 0.2) is 6.61 Å². The molecule has 3 atom stereocenters. The molecule has 1 N–H and O–H groups in total. The number of nitrogens with zero attached hydrogens (tertiary/aromatic N) is 1. The van der Waals surface area contributed by atoms with Crippen molar-refractivity contribution in [3.63, 3.8) is 0 Å². The predicted octanol–water partition coefficient (Wildman–Crippen LogP) is 1.93. The molecule has 0 spiro atoms. The van der Waals surface area contributed by atoms with Gasteiger partial charge in [-0.25, -0.2) is 4.79 Å². The highest BCUT2D eigenvalue weighted by Crippen LogP contribution is 2.38. The van der Waals surface area contributed by atoms with Crippen molar-refractivity contribution in [1.82, 2.24) is 10.2 Å². The number of imide groups is 1. The molecule has 0 unspecified atom stereocenters. The molecule has 2 saturated carbocycles. The van der Waals surface area contributed by atoms with Gasteiger partial charge in [0, 0.05) is 6.04 Å². The minimum atomic E-state index is -0.985. The fourth-order valence-corrected chi connectivity index (χ4v) is 4.63. The van der Waals surface area contributed by atoms with E-state index in [0.717, 1.165) is 43.4 Å². The molecule has 27 heavy (non-hydrogen) atoms. The van der Waals surface area contributed by atoms with E-state index in [4.69, 9.17) is 4.74 Å². The molecule has 150 valence electrons. The van der Waals surface area contributed by atoms with Gasteiger partial charge >= 0.3 is 5.97 Å². The molecule has 3 fully saturated rings. The molecule has 3 rings (SSSR count). The van der Waals surface area contributed by atoms with Crippen LogP contribution >= 0.6 is 0 Å². The van der Waals surface area contributed by atoms with Gasteiger partial charge in [-0.3, -0.25) is 19.3 Å². The van der Waals surface area contributed by atoms with Gasteiger partial charge < -0.3 is 10.1 Å². The number of fused-ring (bicyclic) bond motifs is 1. The van der Waals surface area contributed by atoms with Crippen molar-refractivity contribution in [2.24, 2.45) is 11.8 Å². The van der Waals surface area contributed by atoms with E-state index in [1.165, 1.54) is 19.8 Å². The molecule has 0 bridgehead atoms. The van der Waals surface area contributed by atoms with Gasteiger partial charge in [-0.1, -0.05) is 38.5 Å². The lowest BCUT2D eigenvalue weighted by Crippen LogP contribution is -2.45. The molecule has 7 nitrogen and oxygen atoms in total. The largest absolute Gasteiger partial charge is 0.454 e. The monoisotopic (exact) mass is 378 g/mol. The Labute approximate surface area is 160 Å². The van der Waals surface area contributed by atoms with Crippen molar-refractivity contribution >= 4 is 23.7 Å². The summed E-state index contributed by atoms with van der Waals surface area (Å²) in [6, 6.07) is -0.845. The summed E-state index contributed by atoms with van der Waals surface area (Å²) >= 11 is 0. The SMILES string of the molecule is C[C@@H](C(=O)OCC(=O)NC1CCCCCC1)N1C(=O)[C@@H]2CCCC[C@H]2C1=O. The average Bonchev–Trinajstić information content (AvgIpc) is 2.84. The molecule has 3 aliphatic rings. The van der Waals surface area contributed by atoms with Crippen LogP contribution in [0, 0.1) is 11.8 Å². The molecule has 7 heteroatoms. The Kier molecular flexibility index (Phi) is 6.50. The predicted molar refractivity (Wildman–Crippen MR) is 97.4 cm³/mol. The number of carbonyl (C=O) groups excluding carboxylic acids is 4. The Morgan fingerprint density at radius 2 is 1.48 bits per heavy atom. The minimum absolute atomic E-state index is 0.140. The number of rotatable bonds is 5. The molecule has 0 aromatic rings. The Hall–Kier alpha value is -1.92. The number of nitrogens with one attached hydrogen (secondary N) is 1. The zero-order valence-corrected chi connectivity index (χ0v) is 16.1. The fourth-order valence-electron chi connectivity index (χ4n) is 4.63. The summed E-state index contributed by atoms with van der Waals surface area (Å²) in [5.41, 5.74) is 0. The summed E-state index contributed by atoms with van der Waals surface area (Å²) in [5, 5.41) is 2.92. The second-order valence-electron chi connectivity index (χ2n) is 8.08. The van der Waals surface area contributed by atoms with E-state index in [0.29, 0.717) is 12.8 Å². The van der Waals surface area contributed by atoms with E-state index in [1.54, 1.807) is 0 Å². The summed E-state index contributed by atoms with van der Waals surface area (Å²) in [4.78, 5) is 50.6. The number of ether oxygens (including phenoxy) is 1. The van der Waals surface area contributed by atoms with E-state index >= 15 is 0 Å². The van der Waals surface area contributed by atoms with Crippen molar-refractivity contribution < 1.29 is 23.9 Å². The van der Waals surface area contributed by atoms with Crippen LogP contribution in [0.15, 0.2) is 0 Å². The first kappa shape index (κ1) is 19.8. The Bertz CT molecular complexity index is 573. The molecule has 0 aromatic carbocycles. The van der Waals surface area contributed by atoms with Crippen LogP contribution in [0.2, 0.25) is 0 Å². The lowest BCUT2D eigenvalue weighted by atomic mass is 9.81. The van der Waals surface area contributed by atoms with Crippen LogP contribution in [0.25, 0.3) is 0 Å². The molecule has 0 aromatic heterocycles. The fraction of sp³-hybridized carbons (Fsp3) is 0.800. The van der Waals surface area contributed by atoms with Crippen LogP contribution in [-0.4, -0.2) is 47.3 Å². The molecule has 0 radical (unpaired) electrons. The summed E-state index contributed by atoms with van der Waals surface area (Å²) in [7, 11) is 0. The second kappa shape index (κ2) is 8.85. The molecule has 1 aliphatic heterocycles. The van der Waals surface area contributed by atoms with Crippen molar-refractivity contribution in [2.75, 3.05) is 6.61 Å². The topological polar surface area (TPSA) is 92.8 Å². The summed E-state index contributed by atoms with van der Waals surface area (Å²) < 4.78 is 5.10. The quantitative estimate of drug-likeness (QED) is 0.448. The Morgan fingerprint density at radius 1 is 0.963 bits per heavy atom. The molecule has 1 heterocycles. The zero-order chi connectivity index (χ0) is 19.4. The molecular weight excluding hydrogens is 348 g/mol. The van der Waals surface area contributed by atoms with Crippen molar-refractivity contribution in [1.29, 1.82) is 0 Å². The maximum absolute atomic E-state index is 12.5. The average molecular weight is 378 g/mol. The third kappa shape index (κ3) is 4.50. The maximum atomic E-state index is 12.5. The van der Waals surface area contributed by atoms with Gasteiger partial charge in [-0.2, -0.15) is 0 Å². The zero-order valence-electron chi connectivity index (χ0n) is 16.1. The highest BCUT2D eigenvalue weighted by Gasteiger charge is 2.51. The van der Waals surface area contributed by atoms with Gasteiger partial charge in [0.25, 0.3) is 5.91 Å². The third-order valence-electron chi connectivity index (χ3n) is 6.17. The van der Waals surface area contributed by atoms with Crippen molar-refractivity contribution in [2.45, 2.75) is 83.2 Å². The van der Waals surface area contributed by atoms with Crippen molar-refractivity contribution in [3.8, 4) is 0 Å². The highest BCUT2D eigenvalue weighted by molar-refractivity contribution is 6.07. The van der Waals surface area contributed by atoms with Crippen LogP contribution < -0.4 is 5.32 Å². The summed E-state index contributed by atoms with van der Waals surface area (Å²) in [6.07, 6.45) is 9.78.